The first kappa shape index (κ1) is 15.7. The monoisotopic (exact) mass is 317 g/mol. The Hall–Kier alpha value is -2.21. The number of aromatic nitrogens is 2. The molecule has 0 aliphatic heterocycles. The smallest absolute Gasteiger partial charge is 0.130 e. The standard InChI is InChI=1S/C17H20FN3O2/c1-11-20-16(12-8-14(22)9-12)10-17(21-11)19-6-7-23-15-4-2-13(18)3-5-15/h2-5,10,12,14,22H,6-9H2,1H3,(H,19,20,21). The maximum atomic E-state index is 12.8. The normalized spacial score (nSPS) is 20.0. The van der Waals surface area contributed by atoms with E-state index in [0.717, 1.165) is 24.4 Å². The number of rotatable bonds is 6. The first-order chi connectivity index (χ1) is 11.1. The van der Waals surface area contributed by atoms with E-state index in [9.17, 15) is 9.50 Å². The second kappa shape index (κ2) is 6.91. The van der Waals surface area contributed by atoms with Gasteiger partial charge in [0.15, 0.2) is 0 Å². The van der Waals surface area contributed by atoms with Gasteiger partial charge in [-0.3, -0.25) is 0 Å². The van der Waals surface area contributed by atoms with Gasteiger partial charge in [-0.15, -0.1) is 0 Å². The number of benzene rings is 1. The van der Waals surface area contributed by atoms with Crippen LogP contribution in [0.15, 0.2) is 30.3 Å². The summed E-state index contributed by atoms with van der Waals surface area (Å²) >= 11 is 0. The van der Waals surface area contributed by atoms with Gasteiger partial charge in [-0.25, -0.2) is 14.4 Å². The molecule has 0 saturated heterocycles. The zero-order chi connectivity index (χ0) is 16.2. The van der Waals surface area contributed by atoms with Gasteiger partial charge in [-0.2, -0.15) is 0 Å². The van der Waals surface area contributed by atoms with Gasteiger partial charge in [-0.05, 0) is 44.0 Å². The molecule has 0 atom stereocenters. The number of anilines is 1. The van der Waals surface area contributed by atoms with Crippen molar-refractivity contribution in [3.63, 3.8) is 0 Å². The highest BCUT2D eigenvalue weighted by Crippen LogP contribution is 2.36. The van der Waals surface area contributed by atoms with Crippen molar-refractivity contribution in [1.82, 2.24) is 9.97 Å². The lowest BCUT2D eigenvalue weighted by Crippen LogP contribution is -2.27. The molecule has 122 valence electrons. The lowest BCUT2D eigenvalue weighted by atomic mass is 9.80. The van der Waals surface area contributed by atoms with Gasteiger partial charge in [0, 0.05) is 17.7 Å². The van der Waals surface area contributed by atoms with E-state index in [4.69, 9.17) is 4.74 Å². The summed E-state index contributed by atoms with van der Waals surface area (Å²) in [7, 11) is 0. The number of aryl methyl sites for hydroxylation is 1. The van der Waals surface area contributed by atoms with Crippen molar-refractivity contribution in [3.05, 3.63) is 47.7 Å². The minimum absolute atomic E-state index is 0.198. The van der Waals surface area contributed by atoms with Crippen molar-refractivity contribution >= 4 is 5.82 Å². The quantitative estimate of drug-likeness (QED) is 0.802. The molecule has 0 amide bonds. The molecule has 0 spiro atoms. The second-order valence-electron chi connectivity index (χ2n) is 5.78. The predicted molar refractivity (Wildman–Crippen MR) is 85.1 cm³/mol. The van der Waals surface area contributed by atoms with Gasteiger partial charge in [0.2, 0.25) is 0 Å². The minimum Gasteiger partial charge on any atom is -0.492 e. The average Bonchev–Trinajstić information content (AvgIpc) is 2.50. The van der Waals surface area contributed by atoms with E-state index in [0.29, 0.717) is 30.6 Å². The van der Waals surface area contributed by atoms with E-state index < -0.39 is 0 Å². The van der Waals surface area contributed by atoms with Crippen LogP contribution in [-0.2, 0) is 0 Å². The third-order valence-corrected chi connectivity index (χ3v) is 3.88. The molecule has 1 saturated carbocycles. The zero-order valence-electron chi connectivity index (χ0n) is 13.0. The van der Waals surface area contributed by atoms with Gasteiger partial charge in [0.1, 0.15) is 29.8 Å². The summed E-state index contributed by atoms with van der Waals surface area (Å²) in [6.07, 6.45) is 1.34. The Balaban J connectivity index is 1.50. The zero-order valence-corrected chi connectivity index (χ0v) is 13.0. The van der Waals surface area contributed by atoms with E-state index in [1.807, 2.05) is 13.0 Å². The fourth-order valence-electron chi connectivity index (χ4n) is 2.60. The van der Waals surface area contributed by atoms with Gasteiger partial charge in [0.25, 0.3) is 0 Å². The summed E-state index contributed by atoms with van der Waals surface area (Å²) in [6.45, 7) is 2.89. The van der Waals surface area contributed by atoms with Gasteiger partial charge >= 0.3 is 0 Å². The maximum absolute atomic E-state index is 12.8. The Bertz CT molecular complexity index is 657. The SMILES string of the molecule is Cc1nc(NCCOc2ccc(F)cc2)cc(C2CC(O)C2)n1. The Labute approximate surface area is 134 Å². The molecule has 23 heavy (non-hydrogen) atoms. The van der Waals surface area contributed by atoms with Crippen LogP contribution in [0.1, 0.15) is 30.3 Å². The molecular weight excluding hydrogens is 297 g/mol. The summed E-state index contributed by atoms with van der Waals surface area (Å²) in [5.74, 6) is 2.15. The van der Waals surface area contributed by atoms with Gasteiger partial charge in [0.05, 0.1) is 12.6 Å². The lowest BCUT2D eigenvalue weighted by Gasteiger charge is -2.31. The Kier molecular flexibility index (Phi) is 4.71. The van der Waals surface area contributed by atoms with Crippen LogP contribution in [0.2, 0.25) is 0 Å². The first-order valence-electron chi connectivity index (χ1n) is 7.76. The first-order valence-corrected chi connectivity index (χ1v) is 7.76. The average molecular weight is 317 g/mol. The van der Waals surface area contributed by atoms with Crippen molar-refractivity contribution in [1.29, 1.82) is 0 Å². The molecule has 0 radical (unpaired) electrons. The maximum Gasteiger partial charge on any atom is 0.130 e. The molecule has 1 aromatic carbocycles. The summed E-state index contributed by atoms with van der Waals surface area (Å²) in [5, 5.41) is 12.6. The predicted octanol–water partition coefficient (Wildman–Crippen LogP) is 2.65. The number of nitrogens with one attached hydrogen (secondary N) is 1. The third kappa shape index (κ3) is 4.16. The highest BCUT2D eigenvalue weighted by atomic mass is 19.1. The summed E-state index contributed by atoms with van der Waals surface area (Å²) in [6, 6.07) is 7.88. The number of aliphatic hydroxyl groups excluding tert-OH is 1. The van der Waals surface area contributed by atoms with Crippen molar-refractivity contribution in [2.75, 3.05) is 18.5 Å². The fraction of sp³-hybridized carbons (Fsp3) is 0.412. The molecule has 6 heteroatoms. The number of ether oxygens (including phenoxy) is 1. The van der Waals surface area contributed by atoms with Crippen molar-refractivity contribution < 1.29 is 14.2 Å². The van der Waals surface area contributed by atoms with E-state index in [1.54, 1.807) is 12.1 Å². The largest absolute Gasteiger partial charge is 0.492 e. The molecule has 2 aromatic rings. The molecule has 0 bridgehead atoms. The van der Waals surface area contributed by atoms with Gasteiger partial charge in [-0.1, -0.05) is 0 Å². The molecule has 1 aliphatic carbocycles. The highest BCUT2D eigenvalue weighted by Gasteiger charge is 2.30. The van der Waals surface area contributed by atoms with Crippen molar-refractivity contribution in [2.45, 2.75) is 31.8 Å². The van der Waals surface area contributed by atoms with Crippen LogP contribution in [0.3, 0.4) is 0 Å². The van der Waals surface area contributed by atoms with E-state index in [-0.39, 0.29) is 11.9 Å². The molecule has 0 unspecified atom stereocenters. The van der Waals surface area contributed by atoms with Crippen LogP contribution in [0.4, 0.5) is 10.2 Å². The van der Waals surface area contributed by atoms with Gasteiger partial charge < -0.3 is 15.2 Å². The minimum atomic E-state index is -0.277. The molecule has 3 rings (SSSR count). The summed E-state index contributed by atoms with van der Waals surface area (Å²) in [4.78, 5) is 8.81. The highest BCUT2D eigenvalue weighted by molar-refractivity contribution is 5.37. The summed E-state index contributed by atoms with van der Waals surface area (Å²) in [5.41, 5.74) is 0.977. The van der Waals surface area contributed by atoms with Crippen LogP contribution in [0.25, 0.3) is 0 Å². The summed E-state index contributed by atoms with van der Waals surface area (Å²) < 4.78 is 18.3. The van der Waals surface area contributed by atoms with Crippen LogP contribution in [-0.4, -0.2) is 34.3 Å². The Morgan fingerprint density at radius 1 is 1.26 bits per heavy atom. The lowest BCUT2D eigenvalue weighted by molar-refractivity contribution is 0.0731. The third-order valence-electron chi connectivity index (χ3n) is 3.88. The number of aliphatic hydroxyl groups is 1. The van der Waals surface area contributed by atoms with Crippen LogP contribution >= 0.6 is 0 Å². The molecule has 5 nitrogen and oxygen atoms in total. The number of nitrogens with zero attached hydrogens (tertiary/aromatic N) is 2. The van der Waals surface area contributed by atoms with Crippen LogP contribution in [0.5, 0.6) is 5.75 Å². The van der Waals surface area contributed by atoms with Crippen molar-refractivity contribution in [3.8, 4) is 5.75 Å². The molecule has 2 N–H and O–H groups in total. The molecule has 1 aromatic heterocycles. The van der Waals surface area contributed by atoms with Crippen LogP contribution < -0.4 is 10.1 Å². The van der Waals surface area contributed by atoms with E-state index >= 15 is 0 Å². The number of halogens is 1. The molecule has 1 aliphatic rings. The fourth-order valence-corrected chi connectivity index (χ4v) is 2.60. The van der Waals surface area contributed by atoms with Crippen molar-refractivity contribution in [2.24, 2.45) is 0 Å². The second-order valence-corrected chi connectivity index (χ2v) is 5.78. The number of hydrogen-bond acceptors (Lipinski definition) is 5. The molecular formula is C17H20FN3O2. The number of hydrogen-bond donors (Lipinski definition) is 2. The topological polar surface area (TPSA) is 67.3 Å². The Morgan fingerprint density at radius 2 is 2.00 bits per heavy atom. The Morgan fingerprint density at radius 3 is 2.70 bits per heavy atom. The van der Waals surface area contributed by atoms with E-state index in [2.05, 4.69) is 15.3 Å². The van der Waals surface area contributed by atoms with E-state index in [1.165, 1.54) is 12.1 Å². The molecule has 1 fully saturated rings. The van der Waals surface area contributed by atoms with Crippen LogP contribution in [0, 0.1) is 12.7 Å². The molecule has 1 heterocycles.